The fourth-order valence-corrected chi connectivity index (χ4v) is 4.96. The van der Waals surface area contributed by atoms with Gasteiger partial charge in [-0.2, -0.15) is 0 Å². The number of rotatable bonds is 3. The molecule has 1 aromatic rings. The van der Waals surface area contributed by atoms with Gasteiger partial charge < -0.3 is 14.2 Å². The molecule has 0 amide bonds. The predicted molar refractivity (Wildman–Crippen MR) is 96.2 cm³/mol. The Morgan fingerprint density at radius 3 is 2.56 bits per heavy atom. The molecule has 0 N–H and O–H groups in total. The molecule has 0 aromatic heterocycles. The van der Waals surface area contributed by atoms with Crippen LogP contribution < -0.4 is 0 Å². The van der Waals surface area contributed by atoms with Gasteiger partial charge in [-0.1, -0.05) is 6.42 Å². The van der Waals surface area contributed by atoms with Crippen LogP contribution in [0.15, 0.2) is 24.3 Å². The van der Waals surface area contributed by atoms with Crippen molar-refractivity contribution < 1.29 is 23.9 Å². The van der Waals surface area contributed by atoms with E-state index in [9.17, 15) is 14.9 Å². The van der Waals surface area contributed by atoms with Crippen LogP contribution in [-0.2, 0) is 14.2 Å². The molecule has 7 heteroatoms. The highest BCUT2D eigenvalue weighted by Crippen LogP contribution is 2.49. The summed E-state index contributed by atoms with van der Waals surface area (Å²) in [7, 11) is 0. The Morgan fingerprint density at radius 2 is 1.85 bits per heavy atom. The predicted octanol–water partition coefficient (Wildman–Crippen LogP) is 3.85. The Balaban J connectivity index is 1.40. The fraction of sp³-hybridized carbons (Fsp3) is 0.650. The molecule has 1 heterocycles. The second kappa shape index (κ2) is 7.56. The van der Waals surface area contributed by atoms with Crippen molar-refractivity contribution in [1.29, 1.82) is 0 Å². The van der Waals surface area contributed by atoms with Crippen LogP contribution in [0.5, 0.6) is 0 Å². The van der Waals surface area contributed by atoms with Gasteiger partial charge in [0.25, 0.3) is 5.69 Å². The van der Waals surface area contributed by atoms with Gasteiger partial charge in [0.15, 0.2) is 5.79 Å². The summed E-state index contributed by atoms with van der Waals surface area (Å²) < 4.78 is 17.9. The van der Waals surface area contributed by atoms with Crippen molar-refractivity contribution in [1.82, 2.24) is 0 Å². The molecule has 1 spiro atoms. The lowest BCUT2D eigenvalue weighted by molar-refractivity contribution is -0.384. The molecule has 0 bridgehead atoms. The maximum absolute atomic E-state index is 12.4. The van der Waals surface area contributed by atoms with Crippen LogP contribution in [0, 0.1) is 22.0 Å². The van der Waals surface area contributed by atoms with E-state index in [4.69, 9.17) is 14.2 Å². The number of nitrogens with zero attached hydrogens (tertiary/aromatic N) is 1. The smallest absolute Gasteiger partial charge is 0.338 e. The molecule has 2 aliphatic carbocycles. The van der Waals surface area contributed by atoms with Crippen LogP contribution in [0.1, 0.15) is 55.3 Å². The van der Waals surface area contributed by atoms with Crippen molar-refractivity contribution in [3.8, 4) is 0 Å². The highest BCUT2D eigenvalue weighted by atomic mass is 16.7. The quantitative estimate of drug-likeness (QED) is 0.453. The van der Waals surface area contributed by atoms with E-state index in [1.54, 1.807) is 0 Å². The molecule has 2 saturated carbocycles. The molecule has 1 saturated heterocycles. The third kappa shape index (κ3) is 3.71. The van der Waals surface area contributed by atoms with Gasteiger partial charge in [-0.25, -0.2) is 4.79 Å². The number of esters is 1. The molecular formula is C20H25NO6. The maximum Gasteiger partial charge on any atom is 0.338 e. The number of ether oxygens (including phenoxy) is 3. The second-order valence-corrected chi connectivity index (χ2v) is 7.77. The molecule has 1 aliphatic heterocycles. The average Bonchev–Trinajstić information content (AvgIpc) is 3.07. The van der Waals surface area contributed by atoms with Crippen molar-refractivity contribution in [2.75, 3.05) is 13.2 Å². The molecular weight excluding hydrogens is 350 g/mol. The number of hydrogen-bond acceptors (Lipinski definition) is 6. The maximum atomic E-state index is 12.4. The van der Waals surface area contributed by atoms with Crippen molar-refractivity contribution in [3.05, 3.63) is 39.9 Å². The lowest BCUT2D eigenvalue weighted by Crippen LogP contribution is -2.45. The molecule has 146 valence electrons. The van der Waals surface area contributed by atoms with Crippen molar-refractivity contribution in [3.63, 3.8) is 0 Å². The molecule has 1 aromatic carbocycles. The van der Waals surface area contributed by atoms with E-state index in [0.29, 0.717) is 30.6 Å². The van der Waals surface area contributed by atoms with Gasteiger partial charge in [0.1, 0.15) is 6.10 Å². The summed E-state index contributed by atoms with van der Waals surface area (Å²) in [6.07, 6.45) is 6.78. The Hall–Kier alpha value is -1.99. The first kappa shape index (κ1) is 18.4. The molecule has 0 unspecified atom stereocenters. The Labute approximate surface area is 158 Å². The Kier molecular flexibility index (Phi) is 5.14. The van der Waals surface area contributed by atoms with Crippen molar-refractivity contribution in [2.24, 2.45) is 11.8 Å². The van der Waals surface area contributed by atoms with E-state index in [-0.39, 0.29) is 11.8 Å². The zero-order chi connectivity index (χ0) is 18.9. The summed E-state index contributed by atoms with van der Waals surface area (Å²) in [5.41, 5.74) is 0.315. The molecule has 3 fully saturated rings. The number of carbonyl (C=O) groups excluding carboxylic acids is 1. The summed E-state index contributed by atoms with van der Waals surface area (Å²) in [5.74, 6) is -0.0231. The third-order valence-corrected chi connectivity index (χ3v) is 6.21. The molecule has 0 radical (unpaired) electrons. The summed E-state index contributed by atoms with van der Waals surface area (Å²) in [5, 5.41) is 10.7. The zero-order valence-electron chi connectivity index (χ0n) is 15.3. The molecule has 4 rings (SSSR count). The Bertz CT molecular complexity index is 697. The van der Waals surface area contributed by atoms with E-state index < -0.39 is 16.7 Å². The van der Waals surface area contributed by atoms with Gasteiger partial charge >= 0.3 is 5.97 Å². The van der Waals surface area contributed by atoms with E-state index in [2.05, 4.69) is 0 Å². The monoisotopic (exact) mass is 375 g/mol. The lowest BCUT2D eigenvalue weighted by Gasteiger charge is -2.43. The van der Waals surface area contributed by atoms with Crippen LogP contribution in [0.25, 0.3) is 0 Å². The summed E-state index contributed by atoms with van der Waals surface area (Å²) in [4.78, 5) is 22.7. The lowest BCUT2D eigenvalue weighted by atomic mass is 9.72. The summed E-state index contributed by atoms with van der Waals surface area (Å²) in [6.45, 7) is 1.34. The van der Waals surface area contributed by atoms with Gasteiger partial charge in [0.2, 0.25) is 0 Å². The van der Waals surface area contributed by atoms with Crippen LogP contribution in [0.3, 0.4) is 0 Å². The van der Waals surface area contributed by atoms with E-state index in [1.807, 2.05) is 0 Å². The summed E-state index contributed by atoms with van der Waals surface area (Å²) in [6, 6.07) is 5.56. The minimum absolute atomic E-state index is 0.0348. The van der Waals surface area contributed by atoms with Crippen LogP contribution in [-0.4, -0.2) is 36.0 Å². The standard InChI is InChI=1S/C20H25NO6/c22-19(14-4-6-16(7-5-14)21(23)24)27-17-8-9-18-15(13-17)3-1-2-10-20(18)25-11-12-26-20/h4-7,15,17-18H,1-3,8-13H2/t15-,17-,18-/m0/s1. The number of carbonyl (C=O) groups is 1. The SMILES string of the molecule is O=C(O[C@H]1CC[C@H]2[C@@H](CCCCC23OCCO3)C1)c1ccc([N+](=O)[O-])cc1. The summed E-state index contributed by atoms with van der Waals surface area (Å²) >= 11 is 0. The molecule has 3 aliphatic rings. The second-order valence-electron chi connectivity index (χ2n) is 7.77. The number of nitro groups is 1. The van der Waals surface area contributed by atoms with Crippen LogP contribution in [0.2, 0.25) is 0 Å². The molecule has 7 nitrogen and oxygen atoms in total. The largest absolute Gasteiger partial charge is 0.459 e. The fourth-order valence-electron chi connectivity index (χ4n) is 4.96. The highest BCUT2D eigenvalue weighted by Gasteiger charge is 2.50. The number of non-ortho nitro benzene ring substituents is 1. The van der Waals surface area contributed by atoms with Gasteiger partial charge in [0, 0.05) is 24.5 Å². The number of hydrogen-bond donors (Lipinski definition) is 0. The highest BCUT2D eigenvalue weighted by molar-refractivity contribution is 5.89. The average molecular weight is 375 g/mol. The van der Waals surface area contributed by atoms with Crippen molar-refractivity contribution in [2.45, 2.75) is 56.8 Å². The molecule has 3 atom stereocenters. The van der Waals surface area contributed by atoms with Gasteiger partial charge in [-0.15, -0.1) is 0 Å². The minimum Gasteiger partial charge on any atom is -0.459 e. The van der Waals surface area contributed by atoms with Gasteiger partial charge in [0.05, 0.1) is 23.7 Å². The zero-order valence-corrected chi connectivity index (χ0v) is 15.3. The number of benzene rings is 1. The van der Waals surface area contributed by atoms with Gasteiger partial charge in [-0.3, -0.25) is 10.1 Å². The minimum atomic E-state index is -0.481. The Morgan fingerprint density at radius 1 is 1.11 bits per heavy atom. The number of fused-ring (bicyclic) bond motifs is 2. The van der Waals surface area contributed by atoms with Gasteiger partial charge in [-0.05, 0) is 50.2 Å². The first-order valence-corrected chi connectivity index (χ1v) is 9.81. The van der Waals surface area contributed by atoms with E-state index in [0.717, 1.165) is 44.9 Å². The topological polar surface area (TPSA) is 87.9 Å². The first-order chi connectivity index (χ1) is 13.1. The number of nitro benzene ring substituents is 1. The third-order valence-electron chi connectivity index (χ3n) is 6.21. The van der Waals surface area contributed by atoms with Crippen LogP contribution >= 0.6 is 0 Å². The van der Waals surface area contributed by atoms with Crippen LogP contribution in [0.4, 0.5) is 5.69 Å². The normalized spacial score (nSPS) is 29.7. The van der Waals surface area contributed by atoms with E-state index >= 15 is 0 Å². The molecule has 27 heavy (non-hydrogen) atoms. The van der Waals surface area contributed by atoms with E-state index in [1.165, 1.54) is 24.3 Å². The first-order valence-electron chi connectivity index (χ1n) is 9.81. The van der Waals surface area contributed by atoms with Crippen molar-refractivity contribution >= 4 is 11.7 Å².